The summed E-state index contributed by atoms with van der Waals surface area (Å²) >= 11 is 0. The van der Waals surface area contributed by atoms with Crippen molar-refractivity contribution in [2.75, 3.05) is 6.61 Å². The molecule has 3 heterocycles. The summed E-state index contributed by atoms with van der Waals surface area (Å²) in [6.07, 6.45) is 1.79. The van der Waals surface area contributed by atoms with Crippen LogP contribution in [0.1, 0.15) is 18.9 Å². The summed E-state index contributed by atoms with van der Waals surface area (Å²) in [6, 6.07) is 17.9. The molecule has 0 N–H and O–H groups in total. The lowest BCUT2D eigenvalue weighted by Crippen LogP contribution is -2.39. The SMILES string of the molecule is CCOC(=O)CCn1c(=O)c2c(nc3n(-c4cccc(C)c4)c(-c4ccccc4)cn23)n(C)c1=O. The van der Waals surface area contributed by atoms with E-state index >= 15 is 0 Å². The van der Waals surface area contributed by atoms with E-state index in [2.05, 4.69) is 0 Å². The topological polar surface area (TPSA) is 92.5 Å². The van der Waals surface area contributed by atoms with Crippen LogP contribution in [0.3, 0.4) is 0 Å². The summed E-state index contributed by atoms with van der Waals surface area (Å²) in [4.78, 5) is 43.1. The number of nitrogens with zero attached hydrogens (tertiary/aromatic N) is 5. The van der Waals surface area contributed by atoms with Gasteiger partial charge in [-0.15, -0.1) is 0 Å². The van der Waals surface area contributed by atoms with E-state index in [0.717, 1.165) is 27.1 Å². The van der Waals surface area contributed by atoms with Crippen molar-refractivity contribution in [3.8, 4) is 16.9 Å². The first kappa shape index (κ1) is 22.4. The number of hydrogen-bond donors (Lipinski definition) is 0. The average molecular weight is 472 g/mol. The Kier molecular flexibility index (Phi) is 5.60. The Labute approximate surface area is 200 Å². The van der Waals surface area contributed by atoms with Gasteiger partial charge >= 0.3 is 11.7 Å². The van der Waals surface area contributed by atoms with Crippen LogP contribution >= 0.6 is 0 Å². The Hall–Kier alpha value is -4.40. The Bertz CT molecular complexity index is 1690. The molecule has 0 amide bonds. The van der Waals surface area contributed by atoms with Crippen molar-refractivity contribution >= 4 is 22.9 Å². The van der Waals surface area contributed by atoms with Crippen LogP contribution in [0.5, 0.6) is 0 Å². The molecule has 0 fully saturated rings. The molecule has 0 atom stereocenters. The summed E-state index contributed by atoms with van der Waals surface area (Å²) in [5.41, 5.74) is 3.31. The molecule has 2 aromatic carbocycles. The van der Waals surface area contributed by atoms with E-state index in [4.69, 9.17) is 9.72 Å². The number of rotatable bonds is 6. The van der Waals surface area contributed by atoms with Gasteiger partial charge in [0.1, 0.15) is 0 Å². The van der Waals surface area contributed by atoms with Crippen LogP contribution in [-0.2, 0) is 23.1 Å². The summed E-state index contributed by atoms with van der Waals surface area (Å²) in [7, 11) is 1.58. The molecule has 5 rings (SSSR count). The van der Waals surface area contributed by atoms with Gasteiger partial charge in [0.05, 0.1) is 18.7 Å². The fourth-order valence-electron chi connectivity index (χ4n) is 4.36. The van der Waals surface area contributed by atoms with Gasteiger partial charge in [-0.2, -0.15) is 4.98 Å². The van der Waals surface area contributed by atoms with Crippen molar-refractivity contribution in [1.82, 2.24) is 23.1 Å². The van der Waals surface area contributed by atoms with Crippen LogP contribution in [0.25, 0.3) is 33.9 Å². The van der Waals surface area contributed by atoms with Gasteiger partial charge < -0.3 is 4.74 Å². The highest BCUT2D eigenvalue weighted by Gasteiger charge is 2.22. The third-order valence-electron chi connectivity index (χ3n) is 6.02. The molecule has 0 unspecified atom stereocenters. The minimum absolute atomic E-state index is 0.0718. The van der Waals surface area contributed by atoms with Crippen molar-refractivity contribution < 1.29 is 9.53 Å². The molecule has 3 aromatic heterocycles. The molecular formula is C26H25N5O4. The number of imidazole rings is 2. The lowest BCUT2D eigenvalue weighted by Gasteiger charge is -2.10. The van der Waals surface area contributed by atoms with Gasteiger partial charge in [0, 0.05) is 31.0 Å². The van der Waals surface area contributed by atoms with E-state index in [-0.39, 0.29) is 30.7 Å². The molecule has 9 heteroatoms. The Balaban J connectivity index is 1.80. The van der Waals surface area contributed by atoms with Crippen molar-refractivity contribution in [2.24, 2.45) is 7.05 Å². The molecule has 0 saturated carbocycles. The molecule has 0 aliphatic rings. The van der Waals surface area contributed by atoms with Crippen LogP contribution in [-0.4, -0.2) is 35.7 Å². The van der Waals surface area contributed by atoms with Gasteiger partial charge in [0.2, 0.25) is 5.78 Å². The zero-order valence-electron chi connectivity index (χ0n) is 19.8. The van der Waals surface area contributed by atoms with E-state index in [1.165, 1.54) is 4.57 Å². The maximum absolute atomic E-state index is 13.5. The number of carbonyl (C=O) groups is 1. The molecule has 0 spiro atoms. The number of fused-ring (bicyclic) bond motifs is 3. The first-order chi connectivity index (χ1) is 16.9. The standard InChI is InChI=1S/C26H25N5O4/c1-4-35-21(32)13-14-29-24(33)22-23(28(3)26(29)34)27-25-30(22)16-20(18-10-6-5-7-11-18)31(25)19-12-8-9-17(2)15-19/h5-12,15-16H,4,13-14H2,1-3H3. The number of ether oxygens (including phenoxy) is 1. The second-order valence-corrected chi connectivity index (χ2v) is 8.36. The van der Waals surface area contributed by atoms with Crippen LogP contribution in [0, 0.1) is 6.92 Å². The molecule has 0 radical (unpaired) electrons. The monoisotopic (exact) mass is 471 g/mol. The predicted octanol–water partition coefficient (Wildman–Crippen LogP) is 3.07. The first-order valence-corrected chi connectivity index (χ1v) is 11.4. The number of aryl methyl sites for hydroxylation is 2. The zero-order valence-corrected chi connectivity index (χ0v) is 19.8. The minimum Gasteiger partial charge on any atom is -0.466 e. The van der Waals surface area contributed by atoms with Crippen LogP contribution in [0.4, 0.5) is 0 Å². The second-order valence-electron chi connectivity index (χ2n) is 8.36. The number of carbonyl (C=O) groups excluding carboxylic acids is 1. The Morgan fingerprint density at radius 2 is 1.83 bits per heavy atom. The van der Waals surface area contributed by atoms with Gasteiger partial charge in [0.25, 0.3) is 5.56 Å². The third kappa shape index (κ3) is 3.74. The summed E-state index contributed by atoms with van der Waals surface area (Å²) in [5.74, 6) is 0.0524. The highest BCUT2D eigenvalue weighted by molar-refractivity contribution is 5.79. The van der Waals surface area contributed by atoms with E-state index in [1.807, 2.05) is 72.3 Å². The molecule has 5 aromatic rings. The fraction of sp³-hybridized carbons (Fsp3) is 0.231. The summed E-state index contributed by atoms with van der Waals surface area (Å²) in [6.45, 7) is 3.89. The van der Waals surface area contributed by atoms with Crippen molar-refractivity contribution in [3.05, 3.63) is 87.2 Å². The van der Waals surface area contributed by atoms with E-state index in [9.17, 15) is 14.4 Å². The number of aromatic nitrogens is 5. The normalized spacial score (nSPS) is 11.4. The highest BCUT2D eigenvalue weighted by Crippen LogP contribution is 2.29. The third-order valence-corrected chi connectivity index (χ3v) is 6.02. The van der Waals surface area contributed by atoms with Crippen LogP contribution < -0.4 is 11.2 Å². The van der Waals surface area contributed by atoms with Crippen molar-refractivity contribution in [2.45, 2.75) is 26.8 Å². The predicted molar refractivity (Wildman–Crippen MR) is 133 cm³/mol. The van der Waals surface area contributed by atoms with Crippen LogP contribution in [0.15, 0.2) is 70.4 Å². The largest absolute Gasteiger partial charge is 0.466 e. The van der Waals surface area contributed by atoms with Crippen molar-refractivity contribution in [1.29, 1.82) is 0 Å². The lowest BCUT2D eigenvalue weighted by atomic mass is 10.1. The molecule has 0 bridgehead atoms. The van der Waals surface area contributed by atoms with Gasteiger partial charge in [-0.3, -0.25) is 27.7 Å². The molecule has 178 valence electrons. The maximum atomic E-state index is 13.5. The van der Waals surface area contributed by atoms with Gasteiger partial charge in [-0.25, -0.2) is 4.79 Å². The highest BCUT2D eigenvalue weighted by atomic mass is 16.5. The minimum atomic E-state index is -0.530. The first-order valence-electron chi connectivity index (χ1n) is 11.4. The maximum Gasteiger partial charge on any atom is 0.332 e. The Morgan fingerprint density at radius 1 is 1.06 bits per heavy atom. The summed E-state index contributed by atoms with van der Waals surface area (Å²) in [5, 5.41) is 0. The number of hydrogen-bond acceptors (Lipinski definition) is 5. The molecule has 35 heavy (non-hydrogen) atoms. The smallest absolute Gasteiger partial charge is 0.332 e. The van der Waals surface area contributed by atoms with Gasteiger partial charge in [-0.05, 0) is 31.5 Å². The average Bonchev–Trinajstić information content (AvgIpc) is 3.40. The van der Waals surface area contributed by atoms with Gasteiger partial charge in [-0.1, -0.05) is 42.5 Å². The van der Waals surface area contributed by atoms with E-state index in [0.29, 0.717) is 5.78 Å². The fourth-order valence-corrected chi connectivity index (χ4v) is 4.36. The zero-order chi connectivity index (χ0) is 24.7. The van der Waals surface area contributed by atoms with Gasteiger partial charge in [0.15, 0.2) is 11.2 Å². The molecule has 0 aliphatic heterocycles. The number of benzene rings is 2. The van der Waals surface area contributed by atoms with Crippen molar-refractivity contribution in [3.63, 3.8) is 0 Å². The molecule has 9 nitrogen and oxygen atoms in total. The molecule has 0 aliphatic carbocycles. The molecule has 0 saturated heterocycles. The molecular weight excluding hydrogens is 446 g/mol. The second kappa shape index (κ2) is 8.75. The Morgan fingerprint density at radius 3 is 2.54 bits per heavy atom. The summed E-state index contributed by atoms with van der Waals surface area (Å²) < 4.78 is 11.1. The number of esters is 1. The lowest BCUT2D eigenvalue weighted by molar-refractivity contribution is -0.143. The van der Waals surface area contributed by atoms with Crippen LogP contribution in [0.2, 0.25) is 0 Å². The van der Waals surface area contributed by atoms with E-state index < -0.39 is 17.2 Å². The van der Waals surface area contributed by atoms with E-state index in [1.54, 1.807) is 18.4 Å². The quantitative estimate of drug-likeness (QED) is 0.355.